The van der Waals surface area contributed by atoms with Gasteiger partial charge in [0.1, 0.15) is 5.69 Å². The first-order valence-corrected chi connectivity index (χ1v) is 6.85. The molecule has 3 rings (SSSR count). The Morgan fingerprint density at radius 2 is 2.00 bits per heavy atom. The van der Waals surface area contributed by atoms with Gasteiger partial charge in [-0.15, -0.1) is 0 Å². The topological polar surface area (TPSA) is 58.9 Å². The van der Waals surface area contributed by atoms with Crippen LogP contribution in [0, 0.1) is 11.7 Å². The van der Waals surface area contributed by atoms with Crippen molar-refractivity contribution < 1.29 is 0 Å². The summed E-state index contributed by atoms with van der Waals surface area (Å²) in [6.07, 6.45) is 3.46. The molecule has 0 fully saturated rings. The normalized spacial score (nSPS) is 11.1. The Kier molecular flexibility index (Phi) is 3.70. The molecule has 0 unspecified atom stereocenters. The molecule has 0 spiro atoms. The van der Waals surface area contributed by atoms with E-state index in [9.17, 15) is 0 Å². The Balaban J connectivity index is 1.98. The van der Waals surface area contributed by atoms with Crippen molar-refractivity contribution >= 4 is 18.4 Å². The first kappa shape index (κ1) is 13.4. The molecule has 0 bridgehead atoms. The molecule has 3 aromatic rings. The number of hydrogen-bond acceptors (Lipinski definition) is 4. The number of pyridine rings is 1. The van der Waals surface area contributed by atoms with Gasteiger partial charge >= 0.3 is 0 Å². The summed E-state index contributed by atoms with van der Waals surface area (Å²) in [7, 11) is 0. The van der Waals surface area contributed by atoms with E-state index in [-0.39, 0.29) is 0 Å². The molecule has 0 saturated carbocycles. The molecule has 0 aliphatic carbocycles. The lowest BCUT2D eigenvalue weighted by atomic mass is 10.2. The van der Waals surface area contributed by atoms with Gasteiger partial charge in [-0.25, -0.2) is 5.10 Å². The summed E-state index contributed by atoms with van der Waals surface area (Å²) in [6.45, 7) is 2.05. The average molecular weight is 295 g/mol. The molecule has 0 saturated heterocycles. The largest absolute Gasteiger partial charge is 0.253 e. The highest BCUT2D eigenvalue weighted by Gasteiger charge is 2.08. The van der Waals surface area contributed by atoms with E-state index in [0.717, 1.165) is 5.56 Å². The van der Waals surface area contributed by atoms with Crippen LogP contribution >= 0.6 is 12.2 Å². The Hall–Kier alpha value is -2.60. The number of H-pyrrole nitrogens is 1. The van der Waals surface area contributed by atoms with Gasteiger partial charge in [-0.1, -0.05) is 35.9 Å². The second kappa shape index (κ2) is 5.80. The molecule has 0 radical (unpaired) electrons. The van der Waals surface area contributed by atoms with E-state index in [1.807, 2.05) is 49.4 Å². The molecular formula is C15H13N5S. The average Bonchev–Trinajstić information content (AvgIpc) is 2.89. The quantitative estimate of drug-likeness (QED) is 0.596. The van der Waals surface area contributed by atoms with Crippen LogP contribution in [-0.2, 0) is 0 Å². The second-order valence-corrected chi connectivity index (χ2v) is 4.92. The molecule has 1 aromatic carbocycles. The van der Waals surface area contributed by atoms with Crippen molar-refractivity contribution in [3.63, 3.8) is 0 Å². The lowest BCUT2D eigenvalue weighted by molar-refractivity contribution is 0.867. The summed E-state index contributed by atoms with van der Waals surface area (Å²) in [4.78, 5) is 4.27. The zero-order valence-corrected chi connectivity index (χ0v) is 12.2. The van der Waals surface area contributed by atoms with Crippen LogP contribution in [0.15, 0.2) is 53.8 Å². The van der Waals surface area contributed by atoms with E-state index in [1.165, 1.54) is 5.56 Å². The third-order valence-corrected chi connectivity index (χ3v) is 3.21. The summed E-state index contributed by atoms with van der Waals surface area (Å²) >= 11 is 5.21. The van der Waals surface area contributed by atoms with Gasteiger partial charge in [0.25, 0.3) is 0 Å². The van der Waals surface area contributed by atoms with E-state index in [4.69, 9.17) is 12.2 Å². The van der Waals surface area contributed by atoms with Gasteiger partial charge in [-0.2, -0.15) is 14.9 Å². The molecule has 0 aliphatic heterocycles. The Morgan fingerprint density at radius 3 is 2.71 bits per heavy atom. The highest BCUT2D eigenvalue weighted by molar-refractivity contribution is 7.71. The van der Waals surface area contributed by atoms with Crippen LogP contribution in [0.25, 0.3) is 11.5 Å². The standard InChI is InChI=1S/C15H13N5S/c1-11-5-7-12(8-6-11)10-17-20-14(18-19-15(20)21)13-4-2-3-9-16-13/h2-10H,1H3,(H,19,21)/b17-10-. The molecule has 0 aliphatic rings. The SMILES string of the molecule is Cc1ccc(/C=N\n2c(-c3ccccn3)n[nH]c2=S)cc1. The first-order chi connectivity index (χ1) is 10.2. The van der Waals surface area contributed by atoms with E-state index < -0.39 is 0 Å². The molecule has 5 nitrogen and oxygen atoms in total. The smallest absolute Gasteiger partial charge is 0.216 e. The van der Waals surface area contributed by atoms with E-state index in [2.05, 4.69) is 20.3 Å². The fourth-order valence-corrected chi connectivity index (χ4v) is 2.02. The highest BCUT2D eigenvalue weighted by atomic mass is 32.1. The summed E-state index contributed by atoms with van der Waals surface area (Å²) in [5.74, 6) is 0.587. The number of nitrogens with zero attached hydrogens (tertiary/aromatic N) is 4. The van der Waals surface area contributed by atoms with E-state index >= 15 is 0 Å². The predicted octanol–water partition coefficient (Wildman–Crippen LogP) is 3.19. The highest BCUT2D eigenvalue weighted by Crippen LogP contribution is 2.13. The van der Waals surface area contributed by atoms with E-state index in [1.54, 1.807) is 17.1 Å². The van der Waals surface area contributed by atoms with Gasteiger partial charge in [-0.05, 0) is 36.8 Å². The van der Waals surface area contributed by atoms with Crippen molar-refractivity contribution in [1.29, 1.82) is 0 Å². The third-order valence-electron chi connectivity index (χ3n) is 2.94. The molecule has 1 N–H and O–H groups in total. The minimum atomic E-state index is 0.430. The molecular weight excluding hydrogens is 282 g/mol. The second-order valence-electron chi connectivity index (χ2n) is 4.53. The molecule has 2 heterocycles. The maximum Gasteiger partial charge on any atom is 0.216 e. The fraction of sp³-hybridized carbons (Fsp3) is 0.0667. The van der Waals surface area contributed by atoms with Crippen LogP contribution in [0.5, 0.6) is 0 Å². The zero-order chi connectivity index (χ0) is 14.7. The summed E-state index contributed by atoms with van der Waals surface area (Å²) in [5.41, 5.74) is 2.92. The van der Waals surface area contributed by atoms with Crippen LogP contribution in [0.2, 0.25) is 0 Å². The van der Waals surface area contributed by atoms with Gasteiger partial charge in [0.2, 0.25) is 10.6 Å². The number of aromatic nitrogens is 4. The Bertz CT molecular complexity index is 815. The van der Waals surface area contributed by atoms with Crippen LogP contribution in [0.1, 0.15) is 11.1 Å². The minimum absolute atomic E-state index is 0.430. The van der Waals surface area contributed by atoms with Crippen LogP contribution in [-0.4, -0.2) is 26.1 Å². The van der Waals surface area contributed by atoms with Gasteiger partial charge in [0.05, 0.1) is 6.21 Å². The van der Waals surface area contributed by atoms with Crippen molar-refractivity contribution in [3.05, 3.63) is 64.6 Å². The number of nitrogens with one attached hydrogen (secondary N) is 1. The minimum Gasteiger partial charge on any atom is -0.253 e. The third kappa shape index (κ3) is 2.95. The Morgan fingerprint density at radius 1 is 1.19 bits per heavy atom. The zero-order valence-electron chi connectivity index (χ0n) is 11.4. The van der Waals surface area contributed by atoms with Gasteiger partial charge in [0, 0.05) is 6.20 Å². The molecule has 2 aromatic heterocycles. The van der Waals surface area contributed by atoms with Gasteiger partial charge in [-0.3, -0.25) is 4.98 Å². The molecule has 21 heavy (non-hydrogen) atoms. The number of rotatable bonds is 3. The molecule has 6 heteroatoms. The monoisotopic (exact) mass is 295 g/mol. The van der Waals surface area contributed by atoms with Gasteiger partial charge in [0.15, 0.2) is 0 Å². The van der Waals surface area contributed by atoms with Crippen molar-refractivity contribution in [1.82, 2.24) is 19.9 Å². The van der Waals surface area contributed by atoms with Crippen molar-refractivity contribution in [2.24, 2.45) is 5.10 Å². The Labute approximate surface area is 127 Å². The predicted molar refractivity (Wildman–Crippen MR) is 84.8 cm³/mol. The first-order valence-electron chi connectivity index (χ1n) is 6.44. The molecule has 0 atom stereocenters. The lowest BCUT2D eigenvalue weighted by Crippen LogP contribution is -1.96. The van der Waals surface area contributed by atoms with Crippen LogP contribution < -0.4 is 0 Å². The van der Waals surface area contributed by atoms with Gasteiger partial charge < -0.3 is 0 Å². The summed E-state index contributed by atoms with van der Waals surface area (Å²) < 4.78 is 2.00. The van der Waals surface area contributed by atoms with E-state index in [0.29, 0.717) is 16.3 Å². The van der Waals surface area contributed by atoms with Crippen molar-refractivity contribution in [2.45, 2.75) is 6.92 Å². The fourth-order valence-electron chi connectivity index (χ4n) is 1.84. The number of hydrogen-bond donors (Lipinski definition) is 1. The van der Waals surface area contributed by atoms with Crippen LogP contribution in [0.4, 0.5) is 0 Å². The molecule has 104 valence electrons. The number of aryl methyl sites for hydroxylation is 1. The maximum atomic E-state index is 5.21. The summed E-state index contributed by atoms with van der Waals surface area (Å²) in [6, 6.07) is 13.7. The number of aromatic amines is 1. The van der Waals surface area contributed by atoms with Crippen molar-refractivity contribution in [2.75, 3.05) is 0 Å². The summed E-state index contributed by atoms with van der Waals surface area (Å²) in [5, 5.41) is 11.3. The van der Waals surface area contributed by atoms with Crippen molar-refractivity contribution in [3.8, 4) is 11.5 Å². The van der Waals surface area contributed by atoms with Crippen LogP contribution in [0.3, 0.4) is 0 Å². The molecule has 0 amide bonds. The number of benzene rings is 1. The maximum absolute atomic E-state index is 5.21. The lowest BCUT2D eigenvalue weighted by Gasteiger charge is -1.99.